The molecule has 1 heterocycles. The predicted octanol–water partition coefficient (Wildman–Crippen LogP) is 3.47. The van der Waals surface area contributed by atoms with Crippen LogP contribution in [0.2, 0.25) is 0 Å². The van der Waals surface area contributed by atoms with Gasteiger partial charge in [0.15, 0.2) is 0 Å². The maximum atomic E-state index is 12.9. The average molecular weight is 404 g/mol. The Morgan fingerprint density at radius 1 is 1.14 bits per heavy atom. The fraction of sp³-hybridized carbons (Fsp3) is 0.350. The molecule has 7 nitrogen and oxygen atoms in total. The summed E-state index contributed by atoms with van der Waals surface area (Å²) in [7, 11) is -2.45. The highest BCUT2D eigenvalue weighted by atomic mass is 32.2. The number of benzene rings is 2. The molecule has 2 aromatic rings. The quantitative estimate of drug-likeness (QED) is 0.814. The molecule has 0 saturated carbocycles. The number of rotatable bonds is 4. The van der Waals surface area contributed by atoms with Gasteiger partial charge in [-0.15, -0.1) is 0 Å². The smallest absolute Gasteiger partial charge is 0.265 e. The highest BCUT2D eigenvalue weighted by Crippen LogP contribution is 2.35. The van der Waals surface area contributed by atoms with Crippen LogP contribution in [-0.2, 0) is 14.8 Å². The van der Waals surface area contributed by atoms with E-state index in [9.17, 15) is 13.2 Å². The first-order valence-electron chi connectivity index (χ1n) is 8.80. The van der Waals surface area contributed by atoms with E-state index >= 15 is 0 Å². The summed E-state index contributed by atoms with van der Waals surface area (Å²) in [4.78, 5) is 12.3. The third-order valence-corrected chi connectivity index (χ3v) is 6.16. The Hall–Kier alpha value is -2.74. The molecule has 0 atom stereocenters. The lowest BCUT2D eigenvalue weighted by molar-refractivity contribution is -0.124. The Morgan fingerprint density at radius 2 is 1.82 bits per heavy atom. The first kappa shape index (κ1) is 20.0. The number of aryl methyl sites for hydroxylation is 2. The molecule has 2 aromatic carbocycles. The number of hydrogen-bond acceptors (Lipinski definition) is 5. The van der Waals surface area contributed by atoms with Crippen LogP contribution in [0.4, 0.5) is 11.4 Å². The third kappa shape index (κ3) is 3.77. The summed E-state index contributed by atoms with van der Waals surface area (Å²) >= 11 is 0. The van der Waals surface area contributed by atoms with Crippen LogP contribution < -0.4 is 19.5 Å². The predicted molar refractivity (Wildman–Crippen MR) is 108 cm³/mol. The molecule has 0 aromatic heterocycles. The van der Waals surface area contributed by atoms with Crippen LogP contribution in [0, 0.1) is 19.3 Å². The van der Waals surface area contributed by atoms with E-state index in [2.05, 4.69) is 10.0 Å². The number of hydrogen-bond donors (Lipinski definition) is 2. The van der Waals surface area contributed by atoms with Crippen LogP contribution in [-0.4, -0.2) is 28.0 Å². The van der Waals surface area contributed by atoms with Crippen molar-refractivity contribution in [3.8, 4) is 11.5 Å². The zero-order chi connectivity index (χ0) is 20.7. The fourth-order valence-corrected chi connectivity index (χ4v) is 4.05. The molecule has 0 saturated heterocycles. The van der Waals surface area contributed by atoms with Crippen molar-refractivity contribution in [1.29, 1.82) is 0 Å². The minimum atomic E-state index is -3.88. The van der Waals surface area contributed by atoms with E-state index < -0.39 is 15.4 Å². The normalized spacial score (nSPS) is 15.7. The molecule has 1 aliphatic rings. The molecule has 8 heteroatoms. The van der Waals surface area contributed by atoms with Crippen molar-refractivity contribution in [1.82, 2.24) is 0 Å². The van der Waals surface area contributed by atoms with Crippen molar-refractivity contribution in [3.05, 3.63) is 41.5 Å². The Bertz CT molecular complexity index is 1040. The number of amides is 1. The summed E-state index contributed by atoms with van der Waals surface area (Å²) in [6.45, 7) is 7.48. The van der Waals surface area contributed by atoms with Crippen molar-refractivity contribution < 1.29 is 22.7 Å². The lowest BCUT2D eigenvalue weighted by Crippen LogP contribution is -2.33. The van der Waals surface area contributed by atoms with Crippen molar-refractivity contribution in [2.45, 2.75) is 32.6 Å². The van der Waals surface area contributed by atoms with Crippen molar-refractivity contribution >= 4 is 27.3 Å². The van der Waals surface area contributed by atoms with Crippen molar-refractivity contribution in [3.63, 3.8) is 0 Å². The number of carbonyl (C=O) groups is 1. The number of fused-ring (bicyclic) bond motifs is 1. The molecule has 28 heavy (non-hydrogen) atoms. The van der Waals surface area contributed by atoms with E-state index in [1.807, 2.05) is 13.8 Å². The molecule has 0 fully saturated rings. The third-order valence-electron chi connectivity index (χ3n) is 4.75. The molecule has 3 rings (SSSR count). The van der Waals surface area contributed by atoms with Crippen LogP contribution in [0.25, 0.3) is 0 Å². The molecule has 0 aliphatic carbocycles. The van der Waals surface area contributed by atoms with Crippen LogP contribution >= 0.6 is 0 Å². The lowest BCUT2D eigenvalue weighted by atomic mass is 9.94. The van der Waals surface area contributed by atoms with Gasteiger partial charge in [-0.05, 0) is 63.1 Å². The van der Waals surface area contributed by atoms with E-state index in [0.717, 1.165) is 11.1 Å². The van der Waals surface area contributed by atoms with Gasteiger partial charge in [0, 0.05) is 6.07 Å². The molecular formula is C20H24N2O5S. The number of anilines is 2. The Morgan fingerprint density at radius 3 is 2.50 bits per heavy atom. The summed E-state index contributed by atoms with van der Waals surface area (Å²) in [5, 5.41) is 2.81. The molecule has 0 radical (unpaired) electrons. The van der Waals surface area contributed by atoms with E-state index in [0.29, 0.717) is 17.1 Å². The number of carbonyl (C=O) groups excluding carboxylic acids is 1. The summed E-state index contributed by atoms with van der Waals surface area (Å²) in [5.74, 6) is 0.529. The van der Waals surface area contributed by atoms with Crippen molar-refractivity contribution in [2.24, 2.45) is 5.41 Å². The highest BCUT2D eigenvalue weighted by molar-refractivity contribution is 7.92. The zero-order valence-electron chi connectivity index (χ0n) is 16.5. The molecule has 0 bridgehead atoms. The second-order valence-electron chi connectivity index (χ2n) is 7.53. The molecule has 150 valence electrons. The van der Waals surface area contributed by atoms with Crippen LogP contribution in [0.1, 0.15) is 25.0 Å². The zero-order valence-corrected chi connectivity index (χ0v) is 17.4. The molecule has 0 unspecified atom stereocenters. The number of ether oxygens (including phenoxy) is 2. The molecule has 1 aliphatic heterocycles. The van der Waals surface area contributed by atoms with E-state index in [-0.39, 0.29) is 23.2 Å². The molecular weight excluding hydrogens is 380 g/mol. The van der Waals surface area contributed by atoms with Gasteiger partial charge in [-0.2, -0.15) is 0 Å². The van der Waals surface area contributed by atoms with Crippen LogP contribution in [0.3, 0.4) is 0 Å². The Labute approximate surface area is 165 Å². The Kier molecular flexibility index (Phi) is 5.01. The van der Waals surface area contributed by atoms with Gasteiger partial charge in [-0.25, -0.2) is 8.42 Å². The minimum absolute atomic E-state index is 0.0587. The van der Waals surface area contributed by atoms with Gasteiger partial charge in [0.25, 0.3) is 10.0 Å². The summed E-state index contributed by atoms with van der Waals surface area (Å²) in [6.07, 6.45) is 0. The average Bonchev–Trinajstić information content (AvgIpc) is 2.73. The summed E-state index contributed by atoms with van der Waals surface area (Å²) < 4.78 is 39.4. The largest absolute Gasteiger partial charge is 0.495 e. The maximum Gasteiger partial charge on any atom is 0.265 e. The van der Waals surface area contributed by atoms with E-state index in [4.69, 9.17) is 9.47 Å². The van der Waals surface area contributed by atoms with Crippen molar-refractivity contribution in [2.75, 3.05) is 23.8 Å². The second kappa shape index (κ2) is 7.01. The number of methoxy groups -OCH3 is 1. The van der Waals surface area contributed by atoms with Crippen LogP contribution in [0.5, 0.6) is 11.5 Å². The molecule has 2 N–H and O–H groups in total. The van der Waals surface area contributed by atoms with Gasteiger partial charge in [0.05, 0.1) is 23.9 Å². The van der Waals surface area contributed by atoms with Gasteiger partial charge in [0.2, 0.25) is 5.91 Å². The van der Waals surface area contributed by atoms with Crippen LogP contribution in [0.15, 0.2) is 35.2 Å². The number of sulfonamides is 1. The fourth-order valence-electron chi connectivity index (χ4n) is 2.77. The number of nitrogens with one attached hydrogen (secondary N) is 2. The maximum absolute atomic E-state index is 12.9. The first-order valence-corrected chi connectivity index (χ1v) is 10.3. The van der Waals surface area contributed by atoms with E-state index in [1.165, 1.54) is 7.11 Å². The Balaban J connectivity index is 1.94. The lowest BCUT2D eigenvalue weighted by Gasteiger charge is -2.18. The van der Waals surface area contributed by atoms with Gasteiger partial charge >= 0.3 is 0 Å². The summed E-state index contributed by atoms with van der Waals surface area (Å²) in [5.41, 5.74) is 1.92. The standard InChI is InChI=1S/C20H24N2O5S/c1-12-8-17(26-5)18(9-13(12)2)28(24,25)22-14-6-7-15-16(10-14)27-11-20(3,4)19(23)21-15/h6-10,22H,11H2,1-5H3,(H,21,23). The topological polar surface area (TPSA) is 93.7 Å². The monoisotopic (exact) mass is 404 g/mol. The SMILES string of the molecule is COc1cc(C)c(C)cc1S(=O)(=O)Nc1ccc2c(c1)OCC(C)(C)C(=O)N2. The first-order chi connectivity index (χ1) is 13.0. The molecule has 0 spiro atoms. The van der Waals surface area contributed by atoms with Gasteiger partial charge in [-0.1, -0.05) is 0 Å². The second-order valence-corrected chi connectivity index (χ2v) is 9.18. The van der Waals surface area contributed by atoms with Gasteiger partial charge in [-0.3, -0.25) is 9.52 Å². The molecule has 1 amide bonds. The minimum Gasteiger partial charge on any atom is -0.495 e. The highest BCUT2D eigenvalue weighted by Gasteiger charge is 2.32. The van der Waals surface area contributed by atoms with E-state index in [1.54, 1.807) is 44.2 Å². The van der Waals surface area contributed by atoms with Gasteiger partial charge in [0.1, 0.15) is 23.0 Å². The van der Waals surface area contributed by atoms with Gasteiger partial charge < -0.3 is 14.8 Å². The summed E-state index contributed by atoms with van der Waals surface area (Å²) in [6, 6.07) is 8.03.